The third kappa shape index (κ3) is 5.92. The van der Waals surface area contributed by atoms with Gasteiger partial charge in [0.2, 0.25) is 17.7 Å². The summed E-state index contributed by atoms with van der Waals surface area (Å²) in [4.78, 5) is 34.7. The highest BCUT2D eigenvalue weighted by molar-refractivity contribution is 5.96. The van der Waals surface area contributed by atoms with E-state index >= 15 is 0 Å². The van der Waals surface area contributed by atoms with Crippen LogP contribution < -0.4 is 16.0 Å². The normalized spacial score (nSPS) is 9.88. The minimum absolute atomic E-state index is 0.115. The van der Waals surface area contributed by atoms with E-state index < -0.39 is 0 Å². The third-order valence-corrected chi connectivity index (χ3v) is 3.12. The van der Waals surface area contributed by atoms with Gasteiger partial charge in [-0.3, -0.25) is 14.4 Å². The summed E-state index contributed by atoms with van der Waals surface area (Å²) in [7, 11) is 0. The zero-order valence-corrected chi connectivity index (χ0v) is 13.3. The van der Waals surface area contributed by atoms with Crippen molar-refractivity contribution in [1.29, 1.82) is 0 Å². The first-order valence-electron chi connectivity index (χ1n) is 7.51. The van der Waals surface area contributed by atoms with E-state index in [2.05, 4.69) is 16.0 Å². The van der Waals surface area contributed by atoms with E-state index in [1.807, 2.05) is 30.3 Å². The Morgan fingerprint density at radius 3 is 2.17 bits per heavy atom. The van der Waals surface area contributed by atoms with Crippen LogP contribution in [0.15, 0.2) is 54.6 Å². The average Bonchev–Trinajstić information content (AvgIpc) is 2.53. The number of rotatable bonds is 6. The van der Waals surface area contributed by atoms with Crippen LogP contribution in [0, 0.1) is 0 Å². The highest BCUT2D eigenvalue weighted by atomic mass is 16.2. The van der Waals surface area contributed by atoms with Gasteiger partial charge in [-0.25, -0.2) is 0 Å². The van der Waals surface area contributed by atoms with Gasteiger partial charge in [-0.1, -0.05) is 36.4 Å². The molecule has 0 heterocycles. The fourth-order valence-electron chi connectivity index (χ4n) is 2.11. The first-order chi connectivity index (χ1) is 11.5. The van der Waals surface area contributed by atoms with Crippen LogP contribution in [-0.2, 0) is 20.8 Å². The van der Waals surface area contributed by atoms with Crippen molar-refractivity contribution in [2.24, 2.45) is 0 Å². The van der Waals surface area contributed by atoms with Gasteiger partial charge >= 0.3 is 0 Å². The molecule has 0 aliphatic carbocycles. The van der Waals surface area contributed by atoms with Crippen LogP contribution >= 0.6 is 0 Å². The largest absolute Gasteiger partial charge is 0.347 e. The molecule has 124 valence electrons. The summed E-state index contributed by atoms with van der Waals surface area (Å²) >= 11 is 0. The second-order valence-corrected chi connectivity index (χ2v) is 5.25. The Morgan fingerprint density at radius 2 is 1.50 bits per heavy atom. The lowest BCUT2D eigenvalue weighted by Gasteiger charge is -2.09. The maximum Gasteiger partial charge on any atom is 0.243 e. The van der Waals surface area contributed by atoms with Crippen LogP contribution in [0.25, 0.3) is 0 Å². The first kappa shape index (κ1) is 17.2. The molecule has 0 fully saturated rings. The van der Waals surface area contributed by atoms with Crippen LogP contribution in [0.5, 0.6) is 0 Å². The van der Waals surface area contributed by atoms with Crippen molar-refractivity contribution >= 4 is 29.1 Å². The molecular formula is C18H19N3O3. The number of anilines is 2. The van der Waals surface area contributed by atoms with Gasteiger partial charge in [-0.2, -0.15) is 0 Å². The third-order valence-electron chi connectivity index (χ3n) is 3.12. The molecule has 6 heteroatoms. The lowest BCUT2D eigenvalue weighted by Crippen LogP contribution is -2.33. The van der Waals surface area contributed by atoms with E-state index in [1.54, 1.807) is 24.3 Å². The van der Waals surface area contributed by atoms with E-state index in [9.17, 15) is 14.4 Å². The summed E-state index contributed by atoms with van der Waals surface area (Å²) in [5, 5.41) is 7.88. The summed E-state index contributed by atoms with van der Waals surface area (Å²) in [6.45, 7) is 1.30. The second kappa shape index (κ2) is 8.47. The predicted molar refractivity (Wildman–Crippen MR) is 92.5 cm³/mol. The lowest BCUT2D eigenvalue weighted by atomic mass is 10.1. The van der Waals surface area contributed by atoms with Gasteiger partial charge in [-0.15, -0.1) is 0 Å². The molecule has 0 bridgehead atoms. The smallest absolute Gasteiger partial charge is 0.243 e. The average molecular weight is 325 g/mol. The Hall–Kier alpha value is -3.15. The first-order valence-corrected chi connectivity index (χ1v) is 7.51. The van der Waals surface area contributed by atoms with Crippen molar-refractivity contribution in [2.45, 2.75) is 13.3 Å². The van der Waals surface area contributed by atoms with Crippen molar-refractivity contribution in [3.8, 4) is 0 Å². The molecule has 3 N–H and O–H groups in total. The molecule has 0 unspecified atom stereocenters. The van der Waals surface area contributed by atoms with E-state index in [4.69, 9.17) is 0 Å². The quantitative estimate of drug-likeness (QED) is 0.758. The zero-order chi connectivity index (χ0) is 17.4. The molecule has 0 saturated heterocycles. The lowest BCUT2D eigenvalue weighted by molar-refractivity contribution is -0.123. The maximum absolute atomic E-state index is 11.9. The summed E-state index contributed by atoms with van der Waals surface area (Å²) < 4.78 is 0. The second-order valence-electron chi connectivity index (χ2n) is 5.25. The highest BCUT2D eigenvalue weighted by Crippen LogP contribution is 2.14. The standard InChI is InChI=1S/C18H19N3O3/c1-13(22)20-15-8-5-9-16(11-15)21-18(24)12-19-17(23)10-14-6-3-2-4-7-14/h2-9,11H,10,12H2,1H3,(H,19,23)(H,20,22)(H,21,24). The molecular weight excluding hydrogens is 306 g/mol. The molecule has 0 aromatic heterocycles. The minimum atomic E-state index is -0.337. The van der Waals surface area contributed by atoms with E-state index in [1.165, 1.54) is 6.92 Å². The molecule has 2 aromatic rings. The number of carbonyl (C=O) groups is 3. The van der Waals surface area contributed by atoms with Crippen molar-refractivity contribution in [2.75, 3.05) is 17.2 Å². The monoisotopic (exact) mass is 325 g/mol. The van der Waals surface area contributed by atoms with Gasteiger partial charge in [0, 0.05) is 18.3 Å². The maximum atomic E-state index is 11.9. The molecule has 6 nitrogen and oxygen atoms in total. The SMILES string of the molecule is CC(=O)Nc1cccc(NC(=O)CNC(=O)Cc2ccccc2)c1. The zero-order valence-electron chi connectivity index (χ0n) is 13.3. The minimum Gasteiger partial charge on any atom is -0.347 e. The van der Waals surface area contributed by atoms with Gasteiger partial charge < -0.3 is 16.0 Å². The van der Waals surface area contributed by atoms with Crippen LogP contribution in [0.3, 0.4) is 0 Å². The van der Waals surface area contributed by atoms with Crippen molar-refractivity contribution in [3.63, 3.8) is 0 Å². The molecule has 0 aliphatic heterocycles. The number of hydrogen-bond donors (Lipinski definition) is 3. The fraction of sp³-hybridized carbons (Fsp3) is 0.167. The molecule has 0 aliphatic rings. The molecule has 0 spiro atoms. The number of hydrogen-bond acceptors (Lipinski definition) is 3. The molecule has 2 aromatic carbocycles. The van der Waals surface area contributed by atoms with Crippen molar-refractivity contribution in [1.82, 2.24) is 5.32 Å². The van der Waals surface area contributed by atoms with Crippen molar-refractivity contribution in [3.05, 3.63) is 60.2 Å². The molecule has 0 saturated carbocycles. The summed E-state index contributed by atoms with van der Waals surface area (Å²) in [6, 6.07) is 16.1. The fourth-order valence-corrected chi connectivity index (χ4v) is 2.11. The summed E-state index contributed by atoms with van der Waals surface area (Å²) in [5.41, 5.74) is 2.02. The molecule has 24 heavy (non-hydrogen) atoms. The number of carbonyl (C=O) groups excluding carboxylic acids is 3. The predicted octanol–water partition coefficient (Wildman–Crippen LogP) is 1.94. The van der Waals surface area contributed by atoms with Crippen LogP contribution in [-0.4, -0.2) is 24.3 Å². The Balaban J connectivity index is 1.80. The molecule has 2 rings (SSSR count). The molecule has 0 atom stereocenters. The van der Waals surface area contributed by atoms with E-state index in [-0.39, 0.29) is 30.7 Å². The Bertz CT molecular complexity index is 729. The van der Waals surface area contributed by atoms with Gasteiger partial charge in [-0.05, 0) is 23.8 Å². The number of nitrogens with one attached hydrogen (secondary N) is 3. The topological polar surface area (TPSA) is 87.3 Å². The molecule has 3 amide bonds. The van der Waals surface area contributed by atoms with Crippen LogP contribution in [0.1, 0.15) is 12.5 Å². The summed E-state index contributed by atoms with van der Waals surface area (Å²) in [5.74, 6) is -0.744. The Labute approximate surface area is 140 Å². The number of amides is 3. The van der Waals surface area contributed by atoms with E-state index in [0.717, 1.165) is 5.56 Å². The van der Waals surface area contributed by atoms with Gasteiger partial charge in [0.25, 0.3) is 0 Å². The van der Waals surface area contributed by atoms with Gasteiger partial charge in [0.15, 0.2) is 0 Å². The van der Waals surface area contributed by atoms with Gasteiger partial charge in [0.1, 0.15) is 0 Å². The van der Waals surface area contributed by atoms with Crippen LogP contribution in [0.2, 0.25) is 0 Å². The number of benzene rings is 2. The summed E-state index contributed by atoms with van der Waals surface area (Å²) in [6.07, 6.45) is 0.228. The Kier molecular flexibility index (Phi) is 6.08. The highest BCUT2D eigenvalue weighted by Gasteiger charge is 2.07. The van der Waals surface area contributed by atoms with Gasteiger partial charge in [0.05, 0.1) is 13.0 Å². The molecule has 0 radical (unpaired) electrons. The van der Waals surface area contributed by atoms with Crippen LogP contribution in [0.4, 0.5) is 11.4 Å². The van der Waals surface area contributed by atoms with Crippen molar-refractivity contribution < 1.29 is 14.4 Å². The van der Waals surface area contributed by atoms with E-state index in [0.29, 0.717) is 11.4 Å². The Morgan fingerprint density at radius 1 is 0.833 bits per heavy atom.